The number of imide groups is 2. The van der Waals surface area contributed by atoms with Crippen LogP contribution in [0.3, 0.4) is 0 Å². The minimum atomic E-state index is -0.963. The molecule has 296 valence electrons. The summed E-state index contributed by atoms with van der Waals surface area (Å²) in [6, 6.07) is 8.12. The molecule has 2 aliphatic rings. The zero-order valence-electron chi connectivity index (χ0n) is 32.4. The van der Waals surface area contributed by atoms with Crippen LogP contribution in [0.25, 0.3) is 22.0 Å². The van der Waals surface area contributed by atoms with E-state index in [9.17, 15) is 28.8 Å². The lowest BCUT2D eigenvalue weighted by Crippen LogP contribution is -2.54. The van der Waals surface area contributed by atoms with Gasteiger partial charge in [0.25, 0.3) is 17.4 Å². The third kappa shape index (κ3) is 8.52. The van der Waals surface area contributed by atoms with Crippen molar-refractivity contribution in [3.8, 4) is 22.6 Å². The van der Waals surface area contributed by atoms with E-state index in [1.54, 1.807) is 57.5 Å². The number of piperidine rings is 1. The Labute approximate surface area is 324 Å². The van der Waals surface area contributed by atoms with Crippen molar-refractivity contribution in [2.75, 3.05) is 27.3 Å². The van der Waals surface area contributed by atoms with E-state index < -0.39 is 29.7 Å². The number of carbonyl (C=O) groups is 5. The SMILES string of the molecule is COc1cc(-c2cn(C)c(=O)c3c2cnn3C)cc(OC)c1CNCC(=O)NCCCCCCCCCc1ccc2c(c1)C(=O)N(C1CCC(=O)NC1=O)C2=O. The Morgan fingerprint density at radius 1 is 0.875 bits per heavy atom. The van der Waals surface area contributed by atoms with Crippen molar-refractivity contribution in [3.63, 3.8) is 0 Å². The third-order valence-electron chi connectivity index (χ3n) is 10.5. The van der Waals surface area contributed by atoms with E-state index in [2.05, 4.69) is 21.0 Å². The van der Waals surface area contributed by atoms with Crippen LogP contribution in [0.4, 0.5) is 0 Å². The molecule has 2 aliphatic heterocycles. The molecule has 3 N–H and O–H groups in total. The number of methoxy groups -OCH3 is 2. The highest BCUT2D eigenvalue weighted by Crippen LogP contribution is 2.37. The van der Waals surface area contributed by atoms with Crippen LogP contribution in [0.5, 0.6) is 11.5 Å². The van der Waals surface area contributed by atoms with Crippen molar-refractivity contribution in [3.05, 3.63) is 75.3 Å². The van der Waals surface area contributed by atoms with Crippen molar-refractivity contribution in [1.29, 1.82) is 0 Å². The number of aryl methyl sites for hydroxylation is 3. The minimum absolute atomic E-state index is 0.0921. The van der Waals surface area contributed by atoms with E-state index in [1.807, 2.05) is 18.2 Å². The predicted molar refractivity (Wildman–Crippen MR) is 208 cm³/mol. The molecule has 0 spiro atoms. The van der Waals surface area contributed by atoms with E-state index in [4.69, 9.17) is 9.47 Å². The third-order valence-corrected chi connectivity index (χ3v) is 10.5. The normalized spacial score (nSPS) is 15.4. The highest BCUT2D eigenvalue weighted by molar-refractivity contribution is 6.23. The van der Waals surface area contributed by atoms with Gasteiger partial charge in [0.15, 0.2) is 0 Å². The highest BCUT2D eigenvalue weighted by atomic mass is 16.5. The zero-order valence-corrected chi connectivity index (χ0v) is 32.4. The summed E-state index contributed by atoms with van der Waals surface area (Å²) < 4.78 is 14.6. The number of aromatic nitrogens is 3. The summed E-state index contributed by atoms with van der Waals surface area (Å²) in [5.41, 5.74) is 4.36. The van der Waals surface area contributed by atoms with E-state index in [1.165, 1.54) is 4.57 Å². The molecular weight excluding hydrogens is 718 g/mol. The summed E-state index contributed by atoms with van der Waals surface area (Å²) in [6.07, 6.45) is 11.6. The number of nitrogens with one attached hydrogen (secondary N) is 3. The minimum Gasteiger partial charge on any atom is -0.496 e. The first kappa shape index (κ1) is 39.9. The largest absolute Gasteiger partial charge is 0.496 e. The number of nitrogens with zero attached hydrogens (tertiary/aromatic N) is 4. The van der Waals surface area contributed by atoms with E-state index in [0.717, 1.165) is 83.9 Å². The number of ether oxygens (including phenoxy) is 2. The zero-order chi connectivity index (χ0) is 39.9. The van der Waals surface area contributed by atoms with E-state index >= 15 is 0 Å². The molecule has 1 atom stereocenters. The van der Waals surface area contributed by atoms with Gasteiger partial charge < -0.3 is 24.7 Å². The van der Waals surface area contributed by atoms with Gasteiger partial charge in [-0.05, 0) is 61.1 Å². The number of rotatable bonds is 18. The molecule has 5 amide bonds. The van der Waals surface area contributed by atoms with Crippen molar-refractivity contribution in [1.82, 2.24) is 35.2 Å². The molecule has 4 heterocycles. The van der Waals surface area contributed by atoms with Gasteiger partial charge in [0.1, 0.15) is 23.1 Å². The maximum absolute atomic E-state index is 13.1. The number of amides is 5. The fourth-order valence-corrected chi connectivity index (χ4v) is 7.52. The molecule has 2 aromatic heterocycles. The van der Waals surface area contributed by atoms with Crippen LogP contribution in [-0.2, 0) is 41.4 Å². The Bertz CT molecular complexity index is 2200. The molecule has 4 aromatic rings. The average molecular weight is 768 g/mol. The number of unbranched alkanes of at least 4 members (excludes halogenated alkanes) is 6. The van der Waals surface area contributed by atoms with Crippen molar-refractivity contribution in [2.24, 2.45) is 14.1 Å². The van der Waals surface area contributed by atoms with Crippen LogP contribution < -0.4 is 31.0 Å². The molecule has 0 bridgehead atoms. The van der Waals surface area contributed by atoms with Gasteiger partial charge in [0.2, 0.25) is 17.7 Å². The summed E-state index contributed by atoms with van der Waals surface area (Å²) in [6.45, 7) is 1.09. The number of benzene rings is 2. The molecule has 15 nitrogen and oxygen atoms in total. The van der Waals surface area contributed by atoms with Crippen molar-refractivity contribution >= 4 is 40.4 Å². The second kappa shape index (κ2) is 17.8. The highest BCUT2D eigenvalue weighted by Gasteiger charge is 2.44. The molecular formula is C41H49N7O8. The second-order valence-electron chi connectivity index (χ2n) is 14.4. The lowest BCUT2D eigenvalue weighted by molar-refractivity contribution is -0.136. The fraction of sp³-hybridized carbons (Fsp3) is 0.439. The van der Waals surface area contributed by atoms with Crippen LogP contribution in [-0.4, -0.2) is 82.1 Å². The molecule has 0 saturated carbocycles. The quantitative estimate of drug-likeness (QED) is 0.100. The first-order valence-electron chi connectivity index (χ1n) is 19.1. The Morgan fingerprint density at radius 2 is 1.55 bits per heavy atom. The van der Waals surface area contributed by atoms with Crippen LogP contribution in [0.15, 0.2) is 47.5 Å². The number of pyridine rings is 1. The Balaban J connectivity index is 0.867. The van der Waals surface area contributed by atoms with Crippen molar-refractivity contribution < 1.29 is 33.4 Å². The fourth-order valence-electron chi connectivity index (χ4n) is 7.52. The topological polar surface area (TPSA) is 183 Å². The van der Waals surface area contributed by atoms with Gasteiger partial charge in [-0.2, -0.15) is 5.10 Å². The number of hydrogen-bond donors (Lipinski definition) is 3. The smallest absolute Gasteiger partial charge is 0.276 e. The van der Waals surface area contributed by atoms with Gasteiger partial charge >= 0.3 is 0 Å². The van der Waals surface area contributed by atoms with Gasteiger partial charge in [-0.25, -0.2) is 0 Å². The Morgan fingerprint density at radius 3 is 2.25 bits per heavy atom. The second-order valence-corrected chi connectivity index (χ2v) is 14.4. The Kier molecular flexibility index (Phi) is 12.6. The standard InChI is InChI=1S/C41H49N7O8/c1-46-24-31(29-22-44-47(2)37(29)41(46)54)26-19-33(55-3)30(34(20-26)56-4)21-42-23-36(50)43-17-11-9-7-5-6-8-10-12-25-13-14-27-28(18-25)40(53)48(39(27)52)32-15-16-35(49)45-38(32)51/h13-14,18-20,22,24,32,42H,5-12,15-17,21,23H2,1-4H3,(H,43,50)(H,45,49,51). The van der Waals surface area contributed by atoms with Crippen LogP contribution >= 0.6 is 0 Å². The number of hydrogen-bond acceptors (Lipinski definition) is 10. The Hall–Kier alpha value is -5.83. The van der Waals surface area contributed by atoms with Crippen molar-refractivity contribution in [2.45, 2.75) is 76.8 Å². The van der Waals surface area contributed by atoms with Crippen LogP contribution in [0, 0.1) is 0 Å². The van der Waals surface area contributed by atoms with Gasteiger partial charge in [0.05, 0.1) is 38.1 Å². The average Bonchev–Trinajstić information content (AvgIpc) is 3.69. The summed E-state index contributed by atoms with van der Waals surface area (Å²) in [7, 11) is 6.62. The predicted octanol–water partition coefficient (Wildman–Crippen LogP) is 3.54. The lowest BCUT2D eigenvalue weighted by atomic mass is 10.0. The van der Waals surface area contributed by atoms with E-state index in [-0.39, 0.29) is 30.9 Å². The van der Waals surface area contributed by atoms with Crippen LogP contribution in [0.1, 0.15) is 89.6 Å². The first-order valence-corrected chi connectivity index (χ1v) is 19.1. The van der Waals surface area contributed by atoms with E-state index in [0.29, 0.717) is 41.2 Å². The molecule has 2 aromatic carbocycles. The molecule has 1 fully saturated rings. The molecule has 15 heteroatoms. The van der Waals surface area contributed by atoms with Gasteiger partial charge in [-0.3, -0.25) is 43.7 Å². The van der Waals surface area contributed by atoms with Gasteiger partial charge in [-0.15, -0.1) is 0 Å². The van der Waals surface area contributed by atoms with Crippen LogP contribution in [0.2, 0.25) is 0 Å². The van der Waals surface area contributed by atoms with Gasteiger partial charge in [0, 0.05) is 56.3 Å². The number of carbonyl (C=O) groups excluding carboxylic acids is 5. The first-order chi connectivity index (χ1) is 27.0. The summed E-state index contributed by atoms with van der Waals surface area (Å²) in [4.78, 5) is 76.1. The molecule has 56 heavy (non-hydrogen) atoms. The molecule has 1 saturated heterocycles. The monoisotopic (exact) mass is 767 g/mol. The maximum Gasteiger partial charge on any atom is 0.276 e. The number of fused-ring (bicyclic) bond motifs is 2. The molecule has 0 aliphatic carbocycles. The van der Waals surface area contributed by atoms with Gasteiger partial charge in [-0.1, -0.05) is 38.2 Å². The lowest BCUT2D eigenvalue weighted by Gasteiger charge is -2.27. The molecule has 1 unspecified atom stereocenters. The summed E-state index contributed by atoms with van der Waals surface area (Å²) in [5, 5.41) is 13.4. The molecule has 6 rings (SSSR count). The molecule has 0 radical (unpaired) electrons. The summed E-state index contributed by atoms with van der Waals surface area (Å²) >= 11 is 0. The maximum atomic E-state index is 13.1. The summed E-state index contributed by atoms with van der Waals surface area (Å²) in [5.74, 6) is -0.884.